The Kier molecular flexibility index (Phi) is 7.75. The van der Waals surface area contributed by atoms with Crippen LogP contribution in [0.15, 0.2) is 0 Å². The van der Waals surface area contributed by atoms with Crippen LogP contribution in [-0.4, -0.2) is 31.0 Å². The van der Waals surface area contributed by atoms with Crippen molar-refractivity contribution in [1.82, 2.24) is 5.32 Å². The van der Waals surface area contributed by atoms with Crippen molar-refractivity contribution in [2.75, 3.05) is 25.1 Å². The van der Waals surface area contributed by atoms with E-state index in [1.807, 2.05) is 11.8 Å². The number of nitrogens with one attached hydrogen (secondary N) is 1. The van der Waals surface area contributed by atoms with Crippen LogP contribution in [-0.2, 0) is 4.79 Å². The molecule has 0 aromatic heterocycles. The van der Waals surface area contributed by atoms with E-state index in [0.29, 0.717) is 6.54 Å². The summed E-state index contributed by atoms with van der Waals surface area (Å²) in [5, 5.41) is 3.10. The van der Waals surface area contributed by atoms with Gasteiger partial charge < -0.3 is 11.1 Å². The lowest BCUT2D eigenvalue weighted by Gasteiger charge is -2.29. The van der Waals surface area contributed by atoms with Gasteiger partial charge in [0.25, 0.3) is 0 Å². The molecule has 1 fully saturated rings. The van der Waals surface area contributed by atoms with Crippen molar-refractivity contribution in [3.63, 3.8) is 0 Å². The summed E-state index contributed by atoms with van der Waals surface area (Å²) in [6.07, 6.45) is 11.1. The summed E-state index contributed by atoms with van der Waals surface area (Å²) in [6.45, 7) is 1.31. The average molecular weight is 272 g/mol. The predicted octanol–water partition coefficient (Wildman–Crippen LogP) is 2.55. The van der Waals surface area contributed by atoms with Gasteiger partial charge in [-0.05, 0) is 37.7 Å². The SMILES string of the molecule is CSCCCCNC(=O)C1(CN)CCCCCC1. The highest BCUT2D eigenvalue weighted by Gasteiger charge is 2.36. The van der Waals surface area contributed by atoms with Crippen molar-refractivity contribution in [2.45, 2.75) is 51.4 Å². The van der Waals surface area contributed by atoms with E-state index in [4.69, 9.17) is 5.73 Å². The summed E-state index contributed by atoms with van der Waals surface area (Å²) in [5.74, 6) is 1.38. The monoisotopic (exact) mass is 272 g/mol. The predicted molar refractivity (Wildman–Crippen MR) is 79.8 cm³/mol. The van der Waals surface area contributed by atoms with Gasteiger partial charge in [0.2, 0.25) is 5.91 Å². The van der Waals surface area contributed by atoms with Gasteiger partial charge in [0.05, 0.1) is 5.41 Å². The Morgan fingerprint density at radius 3 is 2.44 bits per heavy atom. The number of unbranched alkanes of at least 4 members (excludes halogenated alkanes) is 1. The van der Waals surface area contributed by atoms with Gasteiger partial charge in [0, 0.05) is 13.1 Å². The number of carbonyl (C=O) groups excluding carboxylic acids is 1. The van der Waals surface area contributed by atoms with Crippen molar-refractivity contribution >= 4 is 17.7 Å². The minimum atomic E-state index is -0.268. The summed E-state index contributed by atoms with van der Waals surface area (Å²) in [7, 11) is 0. The molecule has 0 heterocycles. The average Bonchev–Trinajstić information content (AvgIpc) is 2.64. The molecule has 0 bridgehead atoms. The number of thioether (sulfide) groups is 1. The topological polar surface area (TPSA) is 55.1 Å². The zero-order valence-corrected chi connectivity index (χ0v) is 12.5. The lowest BCUT2D eigenvalue weighted by atomic mass is 9.79. The van der Waals surface area contributed by atoms with Crippen LogP contribution in [0.5, 0.6) is 0 Å². The van der Waals surface area contributed by atoms with E-state index in [2.05, 4.69) is 11.6 Å². The normalized spacial score (nSPS) is 19.2. The molecule has 0 radical (unpaired) electrons. The Bertz CT molecular complexity index is 238. The van der Waals surface area contributed by atoms with Gasteiger partial charge in [-0.2, -0.15) is 11.8 Å². The van der Waals surface area contributed by atoms with Gasteiger partial charge in [-0.15, -0.1) is 0 Å². The minimum absolute atomic E-state index is 0.205. The van der Waals surface area contributed by atoms with E-state index >= 15 is 0 Å². The van der Waals surface area contributed by atoms with Crippen molar-refractivity contribution in [2.24, 2.45) is 11.1 Å². The first-order valence-corrected chi connectivity index (χ1v) is 8.62. The molecule has 0 aromatic carbocycles. The second-order valence-corrected chi connectivity index (χ2v) is 6.34. The smallest absolute Gasteiger partial charge is 0.227 e. The lowest BCUT2D eigenvalue weighted by Crippen LogP contribution is -2.46. The number of nitrogens with two attached hydrogens (primary N) is 1. The number of hydrogen-bond acceptors (Lipinski definition) is 3. The van der Waals surface area contributed by atoms with Crippen LogP contribution in [0.2, 0.25) is 0 Å². The van der Waals surface area contributed by atoms with Crippen molar-refractivity contribution in [3.8, 4) is 0 Å². The van der Waals surface area contributed by atoms with Crippen LogP contribution in [0.3, 0.4) is 0 Å². The maximum atomic E-state index is 12.3. The largest absolute Gasteiger partial charge is 0.356 e. The van der Waals surface area contributed by atoms with Gasteiger partial charge in [0.1, 0.15) is 0 Å². The molecule has 0 unspecified atom stereocenters. The molecule has 0 aliphatic heterocycles. The number of rotatable bonds is 7. The molecule has 106 valence electrons. The van der Waals surface area contributed by atoms with Crippen LogP contribution in [0.1, 0.15) is 51.4 Å². The van der Waals surface area contributed by atoms with Gasteiger partial charge >= 0.3 is 0 Å². The van der Waals surface area contributed by atoms with Crippen LogP contribution in [0.4, 0.5) is 0 Å². The van der Waals surface area contributed by atoms with Crippen LogP contribution >= 0.6 is 11.8 Å². The molecule has 1 rings (SSSR count). The molecule has 1 amide bonds. The highest BCUT2D eigenvalue weighted by molar-refractivity contribution is 7.98. The highest BCUT2D eigenvalue weighted by Crippen LogP contribution is 2.34. The maximum absolute atomic E-state index is 12.3. The van der Waals surface area contributed by atoms with E-state index in [1.54, 1.807) is 0 Å². The summed E-state index contributed by atoms with van der Waals surface area (Å²) in [5.41, 5.74) is 5.63. The first kappa shape index (κ1) is 15.8. The van der Waals surface area contributed by atoms with Gasteiger partial charge in [-0.25, -0.2) is 0 Å². The fraction of sp³-hybridized carbons (Fsp3) is 0.929. The number of carbonyl (C=O) groups is 1. The summed E-state index contributed by atoms with van der Waals surface area (Å²) < 4.78 is 0. The van der Waals surface area contributed by atoms with E-state index in [0.717, 1.165) is 38.6 Å². The molecule has 0 spiro atoms. The Labute approximate surface area is 116 Å². The van der Waals surface area contributed by atoms with Crippen molar-refractivity contribution < 1.29 is 4.79 Å². The third kappa shape index (κ3) is 4.81. The molecular formula is C14H28N2OS. The third-order valence-electron chi connectivity index (χ3n) is 3.99. The zero-order chi connectivity index (χ0) is 13.3. The second-order valence-electron chi connectivity index (χ2n) is 5.35. The van der Waals surface area contributed by atoms with Gasteiger partial charge in [0.15, 0.2) is 0 Å². The first-order chi connectivity index (χ1) is 8.75. The quantitative estimate of drug-likeness (QED) is 0.553. The standard InChI is InChI=1S/C14H28N2OS/c1-18-11-7-6-10-16-13(17)14(12-15)8-4-2-3-5-9-14/h2-12,15H2,1H3,(H,16,17). The third-order valence-corrected chi connectivity index (χ3v) is 4.69. The maximum Gasteiger partial charge on any atom is 0.227 e. The Morgan fingerprint density at radius 2 is 1.89 bits per heavy atom. The Balaban J connectivity index is 2.35. The molecule has 0 aromatic rings. The van der Waals surface area contributed by atoms with Crippen LogP contribution < -0.4 is 11.1 Å². The van der Waals surface area contributed by atoms with E-state index in [-0.39, 0.29) is 11.3 Å². The van der Waals surface area contributed by atoms with Gasteiger partial charge in [-0.3, -0.25) is 4.79 Å². The van der Waals surface area contributed by atoms with Crippen molar-refractivity contribution in [3.05, 3.63) is 0 Å². The van der Waals surface area contributed by atoms with E-state index in [9.17, 15) is 4.79 Å². The molecule has 4 heteroatoms. The Hall–Kier alpha value is -0.220. The highest BCUT2D eigenvalue weighted by atomic mass is 32.2. The number of hydrogen-bond donors (Lipinski definition) is 2. The first-order valence-electron chi connectivity index (χ1n) is 7.22. The minimum Gasteiger partial charge on any atom is -0.356 e. The van der Waals surface area contributed by atoms with Crippen LogP contribution in [0.25, 0.3) is 0 Å². The molecule has 1 aliphatic carbocycles. The van der Waals surface area contributed by atoms with Gasteiger partial charge in [-0.1, -0.05) is 25.7 Å². The molecule has 0 atom stereocenters. The summed E-state index contributed by atoms with van der Waals surface area (Å²) in [6, 6.07) is 0. The number of amides is 1. The Morgan fingerprint density at radius 1 is 1.22 bits per heavy atom. The molecule has 3 nitrogen and oxygen atoms in total. The molecule has 1 saturated carbocycles. The van der Waals surface area contributed by atoms with E-state index < -0.39 is 0 Å². The fourth-order valence-corrected chi connectivity index (χ4v) is 3.18. The summed E-state index contributed by atoms with van der Waals surface area (Å²) >= 11 is 1.86. The lowest BCUT2D eigenvalue weighted by molar-refractivity contribution is -0.131. The molecule has 18 heavy (non-hydrogen) atoms. The van der Waals surface area contributed by atoms with Crippen LogP contribution in [0, 0.1) is 5.41 Å². The molecule has 1 aliphatic rings. The molecule has 3 N–H and O–H groups in total. The fourth-order valence-electron chi connectivity index (χ4n) is 2.69. The second kappa shape index (κ2) is 8.81. The van der Waals surface area contributed by atoms with E-state index in [1.165, 1.54) is 25.0 Å². The summed E-state index contributed by atoms with van der Waals surface area (Å²) in [4.78, 5) is 12.3. The van der Waals surface area contributed by atoms with Crippen molar-refractivity contribution in [1.29, 1.82) is 0 Å². The zero-order valence-electron chi connectivity index (χ0n) is 11.7. The molecular weight excluding hydrogens is 244 g/mol. The molecule has 0 saturated heterocycles.